The molecule has 2 rings (SSSR count). The highest BCUT2D eigenvalue weighted by atomic mass is 16.6. The molecule has 3 N–H and O–H groups in total. The third kappa shape index (κ3) is 9.36. The van der Waals surface area contributed by atoms with E-state index < -0.39 is 23.6 Å². The fraction of sp³-hybridized carbons (Fsp3) is 0.679. The molecule has 8 nitrogen and oxygen atoms in total. The van der Waals surface area contributed by atoms with Crippen molar-refractivity contribution in [3.05, 3.63) is 29.3 Å². The minimum atomic E-state index is -0.999. The maximum absolute atomic E-state index is 13.7. The van der Waals surface area contributed by atoms with Gasteiger partial charge in [0, 0.05) is 18.2 Å². The van der Waals surface area contributed by atoms with E-state index in [-0.39, 0.29) is 24.2 Å². The first-order valence-electron chi connectivity index (χ1n) is 13.4. The lowest BCUT2D eigenvalue weighted by atomic mass is 9.94. The van der Waals surface area contributed by atoms with E-state index >= 15 is 0 Å². The Hall–Kier alpha value is -2.77. The number of hydrogen-bond donors (Lipinski definition) is 3. The molecule has 1 aromatic carbocycles. The maximum atomic E-state index is 13.7. The van der Waals surface area contributed by atoms with E-state index in [1.54, 1.807) is 45.9 Å². The number of para-hydroxylation sites is 1. The number of phenolic OH excluding ortho intramolecular Hbond substituents is 1. The summed E-state index contributed by atoms with van der Waals surface area (Å²) in [6.45, 7) is 9.17. The van der Waals surface area contributed by atoms with Crippen molar-refractivity contribution >= 4 is 17.9 Å². The summed E-state index contributed by atoms with van der Waals surface area (Å²) in [5.41, 5.74) is 0.334. The number of nitrogens with one attached hydrogen (secondary N) is 2. The van der Waals surface area contributed by atoms with Crippen molar-refractivity contribution in [3.63, 3.8) is 0 Å². The summed E-state index contributed by atoms with van der Waals surface area (Å²) >= 11 is 0. The molecule has 0 aliphatic heterocycles. The summed E-state index contributed by atoms with van der Waals surface area (Å²) in [6.07, 6.45) is 8.09. The zero-order chi connectivity index (χ0) is 26.7. The highest BCUT2D eigenvalue weighted by molar-refractivity contribution is 5.91. The minimum absolute atomic E-state index is 0.00718. The molecule has 0 aromatic heterocycles. The molecule has 0 spiro atoms. The lowest BCUT2D eigenvalue weighted by Gasteiger charge is -2.34. The Morgan fingerprint density at radius 1 is 1.11 bits per heavy atom. The molecule has 1 fully saturated rings. The van der Waals surface area contributed by atoms with Crippen molar-refractivity contribution in [2.75, 3.05) is 13.1 Å². The van der Waals surface area contributed by atoms with Crippen molar-refractivity contribution in [2.45, 2.75) is 110 Å². The molecule has 3 amide bonds. The van der Waals surface area contributed by atoms with Crippen LogP contribution in [0.1, 0.15) is 103 Å². The van der Waals surface area contributed by atoms with Crippen LogP contribution in [0.25, 0.3) is 0 Å². The molecule has 1 aliphatic carbocycles. The third-order valence-corrected chi connectivity index (χ3v) is 6.43. The number of aryl methyl sites for hydroxylation is 1. The van der Waals surface area contributed by atoms with Gasteiger partial charge in [0.25, 0.3) is 0 Å². The lowest BCUT2D eigenvalue weighted by molar-refractivity contribution is -0.140. The van der Waals surface area contributed by atoms with Crippen LogP contribution in [0, 0.1) is 6.92 Å². The quantitative estimate of drug-likeness (QED) is 0.363. The summed E-state index contributed by atoms with van der Waals surface area (Å²) in [5, 5.41) is 16.6. The van der Waals surface area contributed by atoms with Crippen LogP contribution in [-0.4, -0.2) is 52.6 Å². The smallest absolute Gasteiger partial charge is 0.408 e. The summed E-state index contributed by atoms with van der Waals surface area (Å²) in [5.74, 6) is -0.696. The van der Waals surface area contributed by atoms with Crippen molar-refractivity contribution in [3.8, 4) is 5.75 Å². The average molecular weight is 504 g/mol. The van der Waals surface area contributed by atoms with Gasteiger partial charge >= 0.3 is 6.09 Å². The number of rotatable bonds is 11. The van der Waals surface area contributed by atoms with Gasteiger partial charge in [-0.3, -0.25) is 9.59 Å². The normalized spacial score (nSPS) is 15.1. The number of benzene rings is 1. The Morgan fingerprint density at radius 3 is 2.44 bits per heavy atom. The predicted molar refractivity (Wildman–Crippen MR) is 141 cm³/mol. The van der Waals surface area contributed by atoms with Gasteiger partial charge < -0.3 is 25.4 Å². The average Bonchev–Trinajstić information content (AvgIpc) is 2.81. The molecule has 1 aliphatic rings. The lowest BCUT2D eigenvalue weighted by Crippen LogP contribution is -2.50. The number of ether oxygens (including phenoxy) is 1. The Morgan fingerprint density at radius 2 is 1.81 bits per heavy atom. The molecular formula is C28H45N3O5. The molecule has 0 radical (unpaired) electrons. The zero-order valence-electron chi connectivity index (χ0n) is 22.7. The second kappa shape index (κ2) is 14.1. The van der Waals surface area contributed by atoms with Crippen molar-refractivity contribution < 1.29 is 24.2 Å². The first-order chi connectivity index (χ1) is 17.0. The maximum Gasteiger partial charge on any atom is 0.408 e. The van der Waals surface area contributed by atoms with Crippen LogP contribution in [0.4, 0.5) is 4.79 Å². The van der Waals surface area contributed by atoms with Crippen molar-refractivity contribution in [1.82, 2.24) is 15.5 Å². The highest BCUT2D eigenvalue weighted by Gasteiger charge is 2.34. The Kier molecular flexibility index (Phi) is 11.5. The fourth-order valence-electron chi connectivity index (χ4n) is 4.55. The third-order valence-electron chi connectivity index (χ3n) is 6.43. The number of hydrogen-bond acceptors (Lipinski definition) is 5. The Bertz CT molecular complexity index is 874. The SMILES string of the molecule is CCCCCCN(C(=O)CNC(=O)OC(C)(C)C)C(C(=O)NC1CCCCC1)c1cccc(C)c1O. The van der Waals surface area contributed by atoms with E-state index in [1.165, 1.54) is 4.90 Å². The molecule has 0 saturated heterocycles. The molecule has 1 unspecified atom stereocenters. The zero-order valence-corrected chi connectivity index (χ0v) is 22.7. The highest BCUT2D eigenvalue weighted by Crippen LogP contribution is 2.32. The van der Waals surface area contributed by atoms with Gasteiger partial charge in [-0.2, -0.15) is 0 Å². The monoisotopic (exact) mass is 503 g/mol. The van der Waals surface area contributed by atoms with Gasteiger partial charge in [-0.1, -0.05) is 63.6 Å². The van der Waals surface area contributed by atoms with E-state index in [9.17, 15) is 19.5 Å². The molecule has 1 saturated carbocycles. The number of nitrogens with zero attached hydrogens (tertiary/aromatic N) is 1. The summed E-state index contributed by atoms with van der Waals surface area (Å²) in [4.78, 5) is 40.9. The van der Waals surface area contributed by atoms with Gasteiger partial charge in [-0.15, -0.1) is 0 Å². The molecule has 202 valence electrons. The number of carbonyl (C=O) groups excluding carboxylic acids is 3. The molecule has 36 heavy (non-hydrogen) atoms. The number of phenols is 1. The standard InChI is InChI=1S/C28H45N3O5/c1-6-7-8-12-18-31(23(32)19-29-27(35)36-28(3,4)5)24(22-17-13-14-20(2)25(22)33)26(34)30-21-15-10-9-11-16-21/h13-14,17,21,24,33H,6-12,15-16,18-19H2,1-5H3,(H,29,35)(H,30,34). The topological polar surface area (TPSA) is 108 Å². The first-order valence-corrected chi connectivity index (χ1v) is 13.4. The van der Waals surface area contributed by atoms with Crippen LogP contribution >= 0.6 is 0 Å². The molecule has 8 heteroatoms. The first kappa shape index (κ1) is 29.5. The van der Waals surface area contributed by atoms with Gasteiger partial charge in [0.1, 0.15) is 23.9 Å². The van der Waals surface area contributed by atoms with Gasteiger partial charge in [0.2, 0.25) is 11.8 Å². The number of unbranched alkanes of at least 4 members (excludes halogenated alkanes) is 3. The molecule has 0 heterocycles. The van der Waals surface area contributed by atoms with Crippen LogP contribution in [0.15, 0.2) is 18.2 Å². The Balaban J connectivity index is 2.33. The number of aromatic hydroxyl groups is 1. The van der Waals surface area contributed by atoms with Gasteiger partial charge in [0.05, 0.1) is 0 Å². The summed E-state index contributed by atoms with van der Waals surface area (Å²) in [7, 11) is 0. The molecule has 1 atom stereocenters. The number of alkyl carbamates (subject to hydrolysis) is 1. The summed E-state index contributed by atoms with van der Waals surface area (Å²) < 4.78 is 5.27. The summed E-state index contributed by atoms with van der Waals surface area (Å²) in [6, 6.07) is 4.30. The van der Waals surface area contributed by atoms with Crippen LogP contribution in [0.3, 0.4) is 0 Å². The van der Waals surface area contributed by atoms with Crippen LogP contribution < -0.4 is 10.6 Å². The number of carbonyl (C=O) groups is 3. The van der Waals surface area contributed by atoms with E-state index in [2.05, 4.69) is 17.6 Å². The largest absolute Gasteiger partial charge is 0.507 e. The second-order valence-electron chi connectivity index (χ2n) is 10.8. The molecule has 0 bridgehead atoms. The van der Waals surface area contributed by atoms with Gasteiger partial charge in [-0.25, -0.2) is 4.79 Å². The van der Waals surface area contributed by atoms with Crippen molar-refractivity contribution in [2.24, 2.45) is 0 Å². The van der Waals surface area contributed by atoms with E-state index in [4.69, 9.17) is 4.74 Å². The van der Waals surface area contributed by atoms with Gasteiger partial charge in [-0.05, 0) is 52.5 Å². The van der Waals surface area contributed by atoms with E-state index in [0.29, 0.717) is 24.1 Å². The second-order valence-corrected chi connectivity index (χ2v) is 10.8. The van der Waals surface area contributed by atoms with Crippen LogP contribution in [-0.2, 0) is 14.3 Å². The van der Waals surface area contributed by atoms with E-state index in [1.807, 2.05) is 0 Å². The van der Waals surface area contributed by atoms with Crippen LogP contribution in [0.5, 0.6) is 5.75 Å². The van der Waals surface area contributed by atoms with Crippen LogP contribution in [0.2, 0.25) is 0 Å². The number of amides is 3. The predicted octanol–water partition coefficient (Wildman–Crippen LogP) is 5.12. The fourth-order valence-corrected chi connectivity index (χ4v) is 4.55. The van der Waals surface area contributed by atoms with Gasteiger partial charge in [0.15, 0.2) is 0 Å². The minimum Gasteiger partial charge on any atom is -0.507 e. The Labute approximate surface area is 216 Å². The molecular weight excluding hydrogens is 458 g/mol. The van der Waals surface area contributed by atoms with E-state index in [0.717, 1.165) is 51.4 Å². The molecule has 1 aromatic rings. The van der Waals surface area contributed by atoms with Crippen molar-refractivity contribution in [1.29, 1.82) is 0 Å².